The summed E-state index contributed by atoms with van der Waals surface area (Å²) >= 11 is -0.106. The second-order valence-electron chi connectivity index (χ2n) is 16.9. The molecule has 2 aromatic heterocycles. The predicted molar refractivity (Wildman–Crippen MR) is 297 cm³/mol. The van der Waals surface area contributed by atoms with E-state index in [2.05, 4.69) is 199 Å². The van der Waals surface area contributed by atoms with Crippen molar-refractivity contribution in [2.45, 2.75) is 30.6 Å². The molecule has 9 aromatic rings. The number of fused-ring (bicyclic) bond motifs is 1. The van der Waals surface area contributed by atoms with Crippen LogP contribution in [-0.4, -0.2) is 51.2 Å². The molecule has 0 amide bonds. The molecule has 1 aliphatic heterocycles. The maximum Gasteiger partial charge on any atom is -0.0134 e. The summed E-state index contributed by atoms with van der Waals surface area (Å²) in [5.41, 5.74) is 2.70. The molecule has 70 heavy (non-hydrogen) atoms. The summed E-state index contributed by atoms with van der Waals surface area (Å²) in [5, 5.41) is 9.44. The first-order valence-electron chi connectivity index (χ1n) is 23.0. The van der Waals surface area contributed by atoms with E-state index in [1.165, 1.54) is 38.1 Å². The second-order valence-corrected chi connectivity index (χ2v) is 26.1. The molecular formula is C57H55Cl2N5O2P2PdS. The SMILES string of the molecule is C[C@@H]1COCCN1c1cc(C2([S@@](C)(=N)=O)CC2)nc(-c2cccc3[nH]ccc23)n1.[Cl][Pd][Cl].c1ccc(P(c2ccccc2)c2ccccc2)cc1.c1ccc(P(c2ccccc2)c2ccccc2)cc1. The van der Waals surface area contributed by atoms with Crippen LogP contribution >= 0.6 is 34.9 Å². The Bertz CT molecular complexity index is 2820. The number of nitrogens with one attached hydrogen (secondary N) is 2. The van der Waals surface area contributed by atoms with Crippen LogP contribution in [0.1, 0.15) is 25.5 Å². The van der Waals surface area contributed by atoms with Gasteiger partial charge in [0.15, 0.2) is 5.82 Å². The minimum absolute atomic E-state index is 0.106. The van der Waals surface area contributed by atoms with Crippen LogP contribution in [0.4, 0.5) is 5.82 Å². The van der Waals surface area contributed by atoms with E-state index in [1.807, 2.05) is 36.5 Å². The molecule has 1 saturated carbocycles. The number of aromatic nitrogens is 3. The van der Waals surface area contributed by atoms with Gasteiger partial charge in [-0.15, -0.1) is 0 Å². The van der Waals surface area contributed by atoms with Crippen LogP contribution in [0.15, 0.2) is 219 Å². The van der Waals surface area contributed by atoms with Gasteiger partial charge in [-0.3, -0.25) is 4.78 Å². The fraction of sp³-hybridized carbons (Fsp3) is 0.158. The molecule has 2 atom stereocenters. The summed E-state index contributed by atoms with van der Waals surface area (Å²) in [7, 11) is 5.96. The molecule has 7 aromatic carbocycles. The Morgan fingerprint density at radius 1 is 0.643 bits per heavy atom. The number of H-pyrrole nitrogens is 1. The van der Waals surface area contributed by atoms with Gasteiger partial charge in [0.2, 0.25) is 0 Å². The topological polar surface area (TPSA) is 95.0 Å². The molecule has 2 aliphatic rings. The van der Waals surface area contributed by atoms with Gasteiger partial charge in [-0.2, -0.15) is 0 Å². The molecule has 0 bridgehead atoms. The Balaban J connectivity index is 0.000000142. The molecule has 1 saturated heterocycles. The summed E-state index contributed by atoms with van der Waals surface area (Å²) in [6.07, 6.45) is 4.91. The molecule has 11 rings (SSSR count). The Morgan fingerprint density at radius 2 is 1.06 bits per heavy atom. The van der Waals surface area contributed by atoms with E-state index in [9.17, 15) is 4.21 Å². The van der Waals surface area contributed by atoms with E-state index in [0.29, 0.717) is 19.0 Å². The second kappa shape index (κ2) is 24.9. The van der Waals surface area contributed by atoms with Gasteiger partial charge in [-0.1, -0.05) is 194 Å². The number of ether oxygens (including phenoxy) is 1. The van der Waals surface area contributed by atoms with Crippen LogP contribution < -0.4 is 36.7 Å². The standard InChI is InChI=1S/C21H25N5O2S.2C18H15P.2ClH.Pd/c1-14-13-28-11-10-26(14)19-12-18(21(7-8-21)29(2,22)27)24-20(25-19)16-4-3-5-17-15(16)6-9-23-17;2*1-4-10-16(11-5-1)19(17-12-6-2-7-13-17)18-14-8-3-9-15-18;;;/h3-6,9,12,14,22-23H,7-8,10-11,13H2,1-2H3;2*1-15H;2*1H;/q;;;;;+2/p-2/t14-,29+;;;;;/m1...../s1. The number of benzene rings is 7. The van der Waals surface area contributed by atoms with E-state index in [4.69, 9.17) is 38.5 Å². The zero-order valence-corrected chi connectivity index (χ0v) is 44.6. The monoisotopic (exact) mass is 1110 g/mol. The summed E-state index contributed by atoms with van der Waals surface area (Å²) in [6, 6.07) is 74.9. The number of hydrogen-bond acceptors (Lipinski definition) is 6. The van der Waals surface area contributed by atoms with E-state index in [-0.39, 0.29) is 22.0 Å². The third-order valence-corrected chi connectivity index (χ3v) is 19.2. The number of anilines is 1. The minimum Gasteiger partial charge on any atom is -0.0622 e. The van der Waals surface area contributed by atoms with Crippen molar-refractivity contribution in [3.63, 3.8) is 0 Å². The average molecular weight is 1110 g/mol. The maximum atomic E-state index is 12.8. The quantitative estimate of drug-likeness (QED) is 0.105. The third-order valence-electron chi connectivity index (χ3n) is 12.2. The van der Waals surface area contributed by atoms with Gasteiger partial charge in [-0.05, 0) is 79.6 Å². The maximum absolute atomic E-state index is 12.8. The van der Waals surface area contributed by atoms with Crippen LogP contribution in [0, 0.1) is 4.78 Å². The van der Waals surface area contributed by atoms with Crippen LogP contribution in [0.25, 0.3) is 22.3 Å². The number of rotatable bonds is 10. The first kappa shape index (κ1) is 51.3. The van der Waals surface area contributed by atoms with Crippen LogP contribution in [0.5, 0.6) is 0 Å². The number of aromatic amines is 1. The fourth-order valence-electron chi connectivity index (χ4n) is 8.60. The van der Waals surface area contributed by atoms with E-state index >= 15 is 0 Å². The summed E-state index contributed by atoms with van der Waals surface area (Å²) in [5.74, 6) is 1.44. The predicted octanol–water partition coefficient (Wildman–Crippen LogP) is 11.8. The van der Waals surface area contributed by atoms with Crippen LogP contribution in [-0.2, 0) is 35.2 Å². The number of hydrogen-bond donors (Lipinski definition) is 2. The van der Waals surface area contributed by atoms with E-state index < -0.39 is 30.3 Å². The van der Waals surface area contributed by atoms with Crippen molar-refractivity contribution in [2.24, 2.45) is 0 Å². The van der Waals surface area contributed by atoms with Crippen molar-refractivity contribution < 1.29 is 24.9 Å². The minimum atomic E-state index is -2.78. The van der Waals surface area contributed by atoms with Crippen molar-refractivity contribution in [3.05, 3.63) is 224 Å². The van der Waals surface area contributed by atoms with Crippen molar-refractivity contribution >= 4 is 93.2 Å². The molecule has 0 unspecified atom stereocenters. The van der Waals surface area contributed by atoms with Gasteiger partial charge < -0.3 is 14.6 Å². The van der Waals surface area contributed by atoms with Gasteiger partial charge in [-0.25, -0.2) is 14.2 Å². The Morgan fingerprint density at radius 3 is 1.43 bits per heavy atom. The molecule has 1 aliphatic carbocycles. The molecule has 2 N–H and O–H groups in total. The largest absolute Gasteiger partial charge is 0.0622 e. The first-order chi connectivity index (χ1) is 34.2. The Labute approximate surface area is 431 Å². The van der Waals surface area contributed by atoms with Crippen LogP contribution in [0.3, 0.4) is 0 Å². The molecular weight excluding hydrogens is 1060 g/mol. The average Bonchev–Trinajstić information content (AvgIpc) is 4.10. The number of nitrogens with zero attached hydrogens (tertiary/aromatic N) is 3. The number of morpholine rings is 1. The summed E-state index contributed by atoms with van der Waals surface area (Å²) in [6.45, 7) is 4.17. The first-order valence-corrected chi connectivity index (χ1v) is 31.6. The van der Waals surface area contributed by atoms with Gasteiger partial charge in [0, 0.05) is 41.5 Å². The Hall–Kier alpha value is -5.03. The van der Waals surface area contributed by atoms with Gasteiger partial charge >= 0.3 is 35.0 Å². The molecule has 13 heteroatoms. The van der Waals surface area contributed by atoms with Gasteiger partial charge in [0.25, 0.3) is 0 Å². The molecule has 3 heterocycles. The van der Waals surface area contributed by atoms with Gasteiger partial charge in [0.1, 0.15) is 5.82 Å². The normalized spacial score (nSPS) is 15.6. The zero-order chi connectivity index (χ0) is 48.8. The van der Waals surface area contributed by atoms with Gasteiger partial charge in [0.05, 0.1) is 39.4 Å². The summed E-state index contributed by atoms with van der Waals surface area (Å²) < 4.78 is 26.0. The molecule has 7 nitrogen and oxygen atoms in total. The Kier molecular flexibility index (Phi) is 18.2. The van der Waals surface area contributed by atoms with Crippen molar-refractivity contribution in [2.75, 3.05) is 30.9 Å². The van der Waals surface area contributed by atoms with Crippen molar-refractivity contribution in [1.29, 1.82) is 4.78 Å². The zero-order valence-electron chi connectivity index (χ0n) is 38.9. The molecule has 360 valence electrons. The molecule has 0 spiro atoms. The van der Waals surface area contributed by atoms with Crippen LogP contribution in [0.2, 0.25) is 0 Å². The van der Waals surface area contributed by atoms with Crippen molar-refractivity contribution in [3.8, 4) is 11.4 Å². The van der Waals surface area contributed by atoms with E-state index in [1.54, 1.807) is 0 Å². The smallest absolute Gasteiger partial charge is 0.0134 e. The number of halogens is 2. The molecule has 0 radical (unpaired) electrons. The third kappa shape index (κ3) is 12.7. The fourth-order valence-corrected chi connectivity index (χ4v) is 14.6. The van der Waals surface area contributed by atoms with Crippen molar-refractivity contribution in [1.82, 2.24) is 15.0 Å². The molecule has 2 fully saturated rings. The summed E-state index contributed by atoms with van der Waals surface area (Å²) in [4.78, 5) is 15.3. The van der Waals surface area contributed by atoms with E-state index in [0.717, 1.165) is 47.4 Å².